The number of para-hydroxylation sites is 1. The van der Waals surface area contributed by atoms with Gasteiger partial charge in [0, 0.05) is 10.4 Å². The highest BCUT2D eigenvalue weighted by Crippen LogP contribution is 2.31. The molecular weight excluding hydrogens is 242 g/mol. The number of benzene rings is 1. The molecule has 0 spiro atoms. The first-order valence-corrected chi connectivity index (χ1v) is 5.65. The molecule has 86 valence electrons. The molecule has 1 heterocycles. The molecule has 16 heavy (non-hydrogen) atoms. The molecule has 0 radical (unpaired) electrons. The zero-order chi connectivity index (χ0) is 10.8. The van der Waals surface area contributed by atoms with Crippen molar-refractivity contribution in [1.29, 1.82) is 0 Å². The topological polar surface area (TPSA) is 46.2 Å². The van der Waals surface area contributed by atoms with E-state index in [1.165, 1.54) is 0 Å². The Kier molecular flexibility index (Phi) is 4.35. The molecule has 1 atom stereocenters. The Hall–Kier alpha value is -1.03. The van der Waals surface area contributed by atoms with E-state index in [9.17, 15) is 5.11 Å². The Labute approximate surface area is 105 Å². The van der Waals surface area contributed by atoms with Gasteiger partial charge < -0.3 is 10.8 Å². The standard InChI is InChI=1S/C12H13NOS.ClH/c1-8-4-2-5-9(12(8)14)11(13)10-6-3-7-15-10;/h2-7,11,14H,13H2,1H3;1H/t11-;/m1./s1. The van der Waals surface area contributed by atoms with E-state index >= 15 is 0 Å². The van der Waals surface area contributed by atoms with Crippen LogP contribution < -0.4 is 5.73 Å². The normalized spacial score (nSPS) is 11.9. The molecule has 0 aliphatic rings. The molecule has 4 heteroatoms. The lowest BCUT2D eigenvalue weighted by Crippen LogP contribution is -2.10. The first-order valence-electron chi connectivity index (χ1n) is 4.77. The number of aryl methyl sites for hydroxylation is 1. The highest BCUT2D eigenvalue weighted by atomic mass is 35.5. The van der Waals surface area contributed by atoms with Crippen LogP contribution in [-0.4, -0.2) is 5.11 Å². The first kappa shape index (κ1) is 13.0. The van der Waals surface area contributed by atoms with Gasteiger partial charge in [0.1, 0.15) is 5.75 Å². The van der Waals surface area contributed by atoms with Crippen molar-refractivity contribution in [2.45, 2.75) is 13.0 Å². The minimum atomic E-state index is -0.232. The Morgan fingerprint density at radius 3 is 2.62 bits per heavy atom. The summed E-state index contributed by atoms with van der Waals surface area (Å²) < 4.78 is 0. The van der Waals surface area contributed by atoms with Crippen LogP contribution in [0.3, 0.4) is 0 Å². The van der Waals surface area contributed by atoms with Crippen molar-refractivity contribution >= 4 is 23.7 Å². The lowest BCUT2D eigenvalue weighted by atomic mass is 10.0. The zero-order valence-electron chi connectivity index (χ0n) is 8.88. The smallest absolute Gasteiger partial charge is 0.123 e. The van der Waals surface area contributed by atoms with E-state index in [2.05, 4.69) is 0 Å². The van der Waals surface area contributed by atoms with E-state index < -0.39 is 0 Å². The third-order valence-electron chi connectivity index (χ3n) is 2.45. The Bertz CT molecular complexity index is 456. The van der Waals surface area contributed by atoms with Crippen molar-refractivity contribution in [2.24, 2.45) is 5.73 Å². The number of phenolic OH excluding ortho intramolecular Hbond substituents is 1. The van der Waals surface area contributed by atoms with Gasteiger partial charge in [-0.3, -0.25) is 0 Å². The second kappa shape index (κ2) is 5.34. The average Bonchev–Trinajstić information content (AvgIpc) is 2.74. The molecule has 0 unspecified atom stereocenters. The van der Waals surface area contributed by atoms with Crippen molar-refractivity contribution in [2.75, 3.05) is 0 Å². The second-order valence-corrected chi connectivity index (χ2v) is 4.49. The summed E-state index contributed by atoms with van der Waals surface area (Å²) in [6, 6.07) is 9.37. The van der Waals surface area contributed by atoms with E-state index in [4.69, 9.17) is 5.73 Å². The molecule has 0 amide bonds. The van der Waals surface area contributed by atoms with Crippen LogP contribution in [0.15, 0.2) is 35.7 Å². The van der Waals surface area contributed by atoms with Gasteiger partial charge in [-0.25, -0.2) is 0 Å². The fraction of sp³-hybridized carbons (Fsp3) is 0.167. The number of phenols is 1. The van der Waals surface area contributed by atoms with Crippen LogP contribution in [0.25, 0.3) is 0 Å². The van der Waals surface area contributed by atoms with Crippen LogP contribution >= 0.6 is 23.7 Å². The molecule has 1 aromatic heterocycles. The highest BCUT2D eigenvalue weighted by Gasteiger charge is 2.14. The third kappa shape index (κ3) is 2.38. The van der Waals surface area contributed by atoms with Crippen LogP contribution in [0.2, 0.25) is 0 Å². The lowest BCUT2D eigenvalue weighted by Gasteiger charge is -2.13. The Balaban J connectivity index is 0.00000128. The maximum Gasteiger partial charge on any atom is 0.123 e. The van der Waals surface area contributed by atoms with E-state index in [1.54, 1.807) is 11.3 Å². The van der Waals surface area contributed by atoms with Gasteiger partial charge in [0.25, 0.3) is 0 Å². The SMILES string of the molecule is Cc1cccc([C@@H](N)c2cccs2)c1O.Cl. The van der Waals surface area contributed by atoms with Crippen molar-refractivity contribution in [1.82, 2.24) is 0 Å². The minimum absolute atomic E-state index is 0. The average molecular weight is 256 g/mol. The van der Waals surface area contributed by atoms with Gasteiger partial charge in [-0.2, -0.15) is 0 Å². The van der Waals surface area contributed by atoms with Gasteiger partial charge in [0.2, 0.25) is 0 Å². The number of thiophene rings is 1. The van der Waals surface area contributed by atoms with Gasteiger partial charge in [-0.05, 0) is 23.9 Å². The molecule has 0 aliphatic heterocycles. The van der Waals surface area contributed by atoms with Crippen molar-refractivity contribution in [3.8, 4) is 5.75 Å². The van der Waals surface area contributed by atoms with Crippen molar-refractivity contribution in [3.05, 3.63) is 51.7 Å². The van der Waals surface area contributed by atoms with E-state index in [0.29, 0.717) is 5.75 Å². The van der Waals surface area contributed by atoms with Crippen LogP contribution in [0.1, 0.15) is 22.0 Å². The largest absolute Gasteiger partial charge is 0.507 e. The number of aromatic hydroxyl groups is 1. The fourth-order valence-corrected chi connectivity index (χ4v) is 2.30. The van der Waals surface area contributed by atoms with Gasteiger partial charge in [-0.15, -0.1) is 23.7 Å². The molecule has 0 saturated heterocycles. The summed E-state index contributed by atoms with van der Waals surface area (Å²) in [5.74, 6) is 0.304. The minimum Gasteiger partial charge on any atom is -0.507 e. The Morgan fingerprint density at radius 1 is 1.25 bits per heavy atom. The highest BCUT2D eigenvalue weighted by molar-refractivity contribution is 7.10. The van der Waals surface area contributed by atoms with E-state index in [-0.39, 0.29) is 18.4 Å². The predicted octanol–water partition coefficient (Wildman–Crippen LogP) is 3.23. The molecule has 3 N–H and O–H groups in total. The summed E-state index contributed by atoms with van der Waals surface area (Å²) in [5.41, 5.74) is 7.73. The maximum atomic E-state index is 9.89. The monoisotopic (exact) mass is 255 g/mol. The van der Waals surface area contributed by atoms with Gasteiger partial charge in [0.05, 0.1) is 6.04 Å². The van der Waals surface area contributed by atoms with E-state index in [1.807, 2.05) is 42.6 Å². The van der Waals surface area contributed by atoms with Gasteiger partial charge in [-0.1, -0.05) is 24.3 Å². The number of nitrogens with two attached hydrogens (primary N) is 1. The number of hydrogen-bond acceptors (Lipinski definition) is 3. The van der Waals surface area contributed by atoms with Gasteiger partial charge >= 0.3 is 0 Å². The molecule has 0 saturated carbocycles. The molecule has 2 rings (SSSR count). The van der Waals surface area contributed by atoms with Crippen LogP contribution in [0, 0.1) is 6.92 Å². The molecule has 2 aromatic rings. The maximum absolute atomic E-state index is 9.89. The number of rotatable bonds is 2. The summed E-state index contributed by atoms with van der Waals surface area (Å²) >= 11 is 1.60. The Morgan fingerprint density at radius 2 is 2.00 bits per heavy atom. The first-order chi connectivity index (χ1) is 7.20. The molecule has 0 bridgehead atoms. The summed E-state index contributed by atoms with van der Waals surface area (Å²) in [6.45, 7) is 1.87. The molecule has 2 nitrogen and oxygen atoms in total. The lowest BCUT2D eigenvalue weighted by molar-refractivity contribution is 0.461. The van der Waals surface area contributed by atoms with Crippen LogP contribution in [0.5, 0.6) is 5.75 Å². The predicted molar refractivity (Wildman–Crippen MR) is 70.4 cm³/mol. The summed E-state index contributed by atoms with van der Waals surface area (Å²) in [7, 11) is 0. The fourth-order valence-electron chi connectivity index (χ4n) is 1.55. The summed E-state index contributed by atoms with van der Waals surface area (Å²) in [6.07, 6.45) is 0. The quantitative estimate of drug-likeness (QED) is 0.866. The number of halogens is 1. The molecule has 0 aliphatic carbocycles. The zero-order valence-corrected chi connectivity index (χ0v) is 10.5. The van der Waals surface area contributed by atoms with E-state index in [0.717, 1.165) is 16.0 Å². The third-order valence-corrected chi connectivity index (χ3v) is 3.41. The molecule has 0 fully saturated rings. The van der Waals surface area contributed by atoms with Crippen LogP contribution in [-0.2, 0) is 0 Å². The van der Waals surface area contributed by atoms with Crippen molar-refractivity contribution in [3.63, 3.8) is 0 Å². The molecular formula is C12H14ClNOS. The van der Waals surface area contributed by atoms with Crippen molar-refractivity contribution < 1.29 is 5.11 Å². The summed E-state index contributed by atoms with van der Waals surface area (Å²) in [4.78, 5) is 1.07. The number of hydrogen-bond donors (Lipinski definition) is 2. The van der Waals surface area contributed by atoms with Gasteiger partial charge in [0.15, 0.2) is 0 Å². The summed E-state index contributed by atoms with van der Waals surface area (Å²) in [5, 5.41) is 11.9. The second-order valence-electron chi connectivity index (χ2n) is 3.51. The van der Waals surface area contributed by atoms with Crippen LogP contribution in [0.4, 0.5) is 0 Å². The molecule has 1 aromatic carbocycles.